The van der Waals surface area contributed by atoms with Gasteiger partial charge in [-0.2, -0.15) is 0 Å². The minimum Gasteiger partial charge on any atom is -0.479 e. The highest BCUT2D eigenvalue weighted by Gasteiger charge is 2.71. The lowest BCUT2D eigenvalue weighted by Crippen LogP contribution is -2.67. The Bertz CT molecular complexity index is 1660. The van der Waals surface area contributed by atoms with Crippen molar-refractivity contribution < 1.29 is 74.2 Å². The van der Waals surface area contributed by atoms with Crippen molar-refractivity contribution in [2.24, 2.45) is 50.2 Å². The molecule has 8 N–H and O–H groups in total. The molecule has 58 heavy (non-hydrogen) atoms. The molecular weight excluding hydrogens is 756 g/mol. The van der Waals surface area contributed by atoms with Crippen LogP contribution in [0.15, 0.2) is 11.6 Å². The highest BCUT2D eigenvalue weighted by atomic mass is 16.7. The number of hydrogen-bond acceptors (Lipinski definition) is 14. The number of carboxylic acids is 1. The van der Waals surface area contributed by atoms with Crippen molar-refractivity contribution in [3.8, 4) is 0 Å². The van der Waals surface area contributed by atoms with Gasteiger partial charge in [0.05, 0.1) is 23.5 Å². The molecule has 2 saturated heterocycles. The van der Waals surface area contributed by atoms with Crippen LogP contribution in [0.5, 0.6) is 0 Å². The molecule has 0 amide bonds. The Kier molecular flexibility index (Phi) is 11.2. The van der Waals surface area contributed by atoms with E-state index in [-0.39, 0.29) is 45.2 Å². The zero-order valence-corrected chi connectivity index (χ0v) is 34.9. The Morgan fingerprint density at radius 2 is 1.40 bits per heavy atom. The number of ketones is 1. The van der Waals surface area contributed by atoms with E-state index in [4.69, 9.17) is 18.9 Å². The van der Waals surface area contributed by atoms with Crippen LogP contribution in [0.4, 0.5) is 0 Å². The molecule has 0 radical (unpaired) electrons. The fourth-order valence-electron chi connectivity index (χ4n) is 13.7. The topological polar surface area (TPSA) is 250 Å². The fourth-order valence-corrected chi connectivity index (χ4v) is 13.7. The van der Waals surface area contributed by atoms with Crippen molar-refractivity contribution in [3.63, 3.8) is 0 Å². The van der Waals surface area contributed by atoms with E-state index in [0.717, 1.165) is 25.7 Å². The molecule has 6 fully saturated rings. The van der Waals surface area contributed by atoms with Gasteiger partial charge in [-0.1, -0.05) is 46.3 Å². The summed E-state index contributed by atoms with van der Waals surface area (Å²) < 4.78 is 23.4. The quantitative estimate of drug-likeness (QED) is 0.104. The third kappa shape index (κ3) is 6.30. The average molecular weight is 823 g/mol. The highest BCUT2D eigenvalue weighted by Crippen LogP contribution is 2.76. The molecule has 0 spiro atoms. The summed E-state index contributed by atoms with van der Waals surface area (Å²) in [4.78, 5) is 40.4. The zero-order chi connectivity index (χ0) is 42.7. The Labute approximate surface area is 340 Å². The van der Waals surface area contributed by atoms with Gasteiger partial charge in [0.1, 0.15) is 48.5 Å². The maximum Gasteiger partial charge on any atom is 0.335 e. The molecule has 5 aliphatic carbocycles. The third-order valence-electron chi connectivity index (χ3n) is 17.6. The number of aliphatic hydroxyl groups is 7. The lowest BCUT2D eigenvalue weighted by molar-refractivity contribution is -0.322. The van der Waals surface area contributed by atoms with Crippen LogP contribution in [0.2, 0.25) is 0 Å². The molecule has 0 aromatic rings. The SMILES string of the molecule is CC(=O)[C@]1(C)[C@@H](O[C@@H]2O[C@H](C(=O)O)[C@@H](O)[C@H](O)[C@H]2O)CC[C@@]2(C)[C@H]1CC[C@]1(C)[C@@H]2CC=C2[C@@H]3CC(C)(C)CC[C@]3(C(=O)O[C@@H]3O[C@H](CO)[C@@H](O)[C@H](O)[C@H]3O)CC[C@]21C. The van der Waals surface area contributed by atoms with Gasteiger partial charge in [0.25, 0.3) is 0 Å². The lowest BCUT2D eigenvalue weighted by Gasteiger charge is -2.71. The van der Waals surface area contributed by atoms with E-state index in [1.807, 2.05) is 6.92 Å². The Morgan fingerprint density at radius 1 is 0.759 bits per heavy atom. The van der Waals surface area contributed by atoms with Crippen LogP contribution >= 0.6 is 0 Å². The monoisotopic (exact) mass is 822 g/mol. The van der Waals surface area contributed by atoms with Gasteiger partial charge in [-0.05, 0) is 117 Å². The van der Waals surface area contributed by atoms with Crippen molar-refractivity contribution >= 4 is 17.7 Å². The number of fused-ring (bicyclic) bond motifs is 7. The van der Waals surface area contributed by atoms with Crippen LogP contribution in [-0.2, 0) is 33.3 Å². The number of esters is 1. The van der Waals surface area contributed by atoms with Crippen molar-refractivity contribution in [2.75, 3.05) is 6.61 Å². The standard InChI is InChI=1S/C43H66O15/c1-20(45)42(7)25-10-13-41(6)24(39(25,4)12-11-26(42)56-36-32(51)29(48)30(49)33(57-36)34(52)53)9-8-21-22-18-38(2,3)14-16-43(22,17-15-40(21,41)5)37(54)58-35-31(50)28(47)27(46)23(19-44)55-35/h8,22-33,35-36,44,46-51H,9-19H2,1-7H3,(H,52,53)/t22-,23+,24+,25+,26-,27+,28-,29-,30-,31+,32+,33-,35-,36+,39+,40+,41+,42-,43-/m0/s1. The first-order chi connectivity index (χ1) is 26.9. The first-order valence-corrected chi connectivity index (χ1v) is 21.2. The number of carbonyl (C=O) groups is 3. The lowest BCUT2D eigenvalue weighted by atomic mass is 9.33. The number of hydrogen-bond donors (Lipinski definition) is 8. The van der Waals surface area contributed by atoms with Gasteiger partial charge >= 0.3 is 11.9 Å². The van der Waals surface area contributed by atoms with Crippen LogP contribution in [-0.4, -0.2) is 133 Å². The molecular formula is C43H66O15. The molecule has 15 nitrogen and oxygen atoms in total. The minimum absolute atomic E-state index is 0.0754. The van der Waals surface area contributed by atoms with Crippen LogP contribution in [0.3, 0.4) is 0 Å². The molecule has 328 valence electrons. The molecule has 0 aromatic heterocycles. The molecule has 7 rings (SSSR count). The molecule has 0 bridgehead atoms. The van der Waals surface area contributed by atoms with E-state index >= 15 is 0 Å². The van der Waals surface area contributed by atoms with Crippen molar-refractivity contribution in [2.45, 2.75) is 180 Å². The Balaban J connectivity index is 1.19. The van der Waals surface area contributed by atoms with Crippen LogP contribution in [0.1, 0.15) is 113 Å². The smallest absolute Gasteiger partial charge is 0.335 e. The van der Waals surface area contributed by atoms with Gasteiger partial charge in [0, 0.05) is 0 Å². The highest BCUT2D eigenvalue weighted by molar-refractivity contribution is 5.83. The molecule has 2 heterocycles. The second kappa shape index (κ2) is 14.8. The molecule has 2 aliphatic heterocycles. The fraction of sp³-hybridized carbons (Fsp3) is 0.884. The van der Waals surface area contributed by atoms with Gasteiger partial charge in [0.2, 0.25) is 6.29 Å². The van der Waals surface area contributed by atoms with Gasteiger partial charge in [0.15, 0.2) is 12.4 Å². The van der Waals surface area contributed by atoms with E-state index in [1.54, 1.807) is 6.92 Å². The Hall–Kier alpha value is -2.05. The Morgan fingerprint density at radius 3 is 2.03 bits per heavy atom. The first kappa shape index (κ1) is 44.0. The van der Waals surface area contributed by atoms with Crippen LogP contribution in [0, 0.1) is 50.2 Å². The molecule has 7 aliphatic rings. The van der Waals surface area contributed by atoms with Crippen molar-refractivity contribution in [1.82, 2.24) is 0 Å². The van der Waals surface area contributed by atoms with Gasteiger partial charge in [-0.15, -0.1) is 0 Å². The summed E-state index contributed by atoms with van der Waals surface area (Å²) in [7, 11) is 0. The largest absolute Gasteiger partial charge is 0.479 e. The zero-order valence-electron chi connectivity index (χ0n) is 34.9. The second-order valence-electron chi connectivity index (χ2n) is 20.7. The number of allylic oxidation sites excluding steroid dienone is 2. The number of carbonyl (C=O) groups excluding carboxylic acids is 2. The summed E-state index contributed by atoms with van der Waals surface area (Å²) in [5, 5.41) is 82.6. The van der Waals surface area contributed by atoms with Crippen LogP contribution < -0.4 is 0 Å². The number of ether oxygens (including phenoxy) is 4. The van der Waals surface area contributed by atoms with Crippen molar-refractivity contribution in [3.05, 3.63) is 11.6 Å². The minimum atomic E-state index is -1.86. The van der Waals surface area contributed by atoms with E-state index in [9.17, 15) is 55.2 Å². The predicted molar refractivity (Wildman–Crippen MR) is 203 cm³/mol. The van der Waals surface area contributed by atoms with Gasteiger partial charge < -0.3 is 59.8 Å². The van der Waals surface area contributed by atoms with E-state index < -0.39 is 96.9 Å². The maximum absolute atomic E-state index is 14.6. The summed E-state index contributed by atoms with van der Waals surface area (Å²) in [6.45, 7) is 14.2. The molecule has 19 atom stereocenters. The van der Waals surface area contributed by atoms with E-state index in [2.05, 4.69) is 40.7 Å². The molecule has 15 heteroatoms. The second-order valence-corrected chi connectivity index (χ2v) is 20.7. The first-order valence-electron chi connectivity index (χ1n) is 21.2. The average Bonchev–Trinajstić information content (AvgIpc) is 3.15. The normalized spacial score (nSPS) is 52.5. The number of aliphatic hydroxyl groups excluding tert-OH is 7. The van der Waals surface area contributed by atoms with Gasteiger partial charge in [-0.3, -0.25) is 9.59 Å². The third-order valence-corrected chi connectivity index (χ3v) is 17.6. The van der Waals surface area contributed by atoms with E-state index in [1.165, 1.54) is 5.57 Å². The maximum atomic E-state index is 14.6. The summed E-state index contributed by atoms with van der Waals surface area (Å²) in [5.41, 5.74) is -1.70. The van der Waals surface area contributed by atoms with Crippen molar-refractivity contribution in [1.29, 1.82) is 0 Å². The summed E-state index contributed by atoms with van der Waals surface area (Å²) in [6, 6.07) is 0. The number of Topliss-reactive ketones (excluding diaryl/α,β-unsaturated/α-hetero) is 1. The molecule has 0 aromatic carbocycles. The summed E-state index contributed by atoms with van der Waals surface area (Å²) in [5.74, 6) is -2.30. The number of rotatable bonds is 7. The number of carboxylic acid groups (broad SMARTS) is 1. The van der Waals surface area contributed by atoms with Gasteiger partial charge in [-0.25, -0.2) is 4.79 Å². The summed E-state index contributed by atoms with van der Waals surface area (Å²) >= 11 is 0. The molecule has 0 unspecified atom stereocenters. The van der Waals surface area contributed by atoms with E-state index in [0.29, 0.717) is 38.5 Å². The predicted octanol–water partition coefficient (Wildman–Crippen LogP) is 1.98. The molecule has 4 saturated carbocycles. The number of aliphatic carboxylic acids is 1. The summed E-state index contributed by atoms with van der Waals surface area (Å²) in [6.07, 6.45) is -8.34. The van der Waals surface area contributed by atoms with Crippen LogP contribution in [0.25, 0.3) is 0 Å².